The van der Waals surface area contributed by atoms with E-state index in [-0.39, 0.29) is 30.3 Å². The van der Waals surface area contributed by atoms with Crippen molar-refractivity contribution in [3.63, 3.8) is 0 Å². The van der Waals surface area contributed by atoms with E-state index in [4.69, 9.17) is 10.5 Å². The van der Waals surface area contributed by atoms with Crippen molar-refractivity contribution in [3.8, 4) is 5.75 Å². The topological polar surface area (TPSA) is 64.4 Å². The predicted octanol–water partition coefficient (Wildman–Crippen LogP) is 2.80. The zero-order valence-electron chi connectivity index (χ0n) is 13.0. The van der Waals surface area contributed by atoms with Gasteiger partial charge in [0.15, 0.2) is 0 Å². The van der Waals surface area contributed by atoms with Crippen LogP contribution in [0.2, 0.25) is 0 Å². The van der Waals surface area contributed by atoms with Crippen molar-refractivity contribution in [2.24, 2.45) is 5.73 Å². The number of amides is 1. The van der Waals surface area contributed by atoms with Gasteiger partial charge in [-0.15, -0.1) is 0 Å². The Morgan fingerprint density at radius 3 is 2.48 bits per heavy atom. The van der Waals surface area contributed by atoms with Gasteiger partial charge in [-0.2, -0.15) is 0 Å². The average Bonchev–Trinajstić information content (AvgIpc) is 2.56. The lowest BCUT2D eigenvalue weighted by Crippen LogP contribution is -2.35. The Labute approximate surface area is 135 Å². The molecule has 4 nitrogen and oxygen atoms in total. The van der Waals surface area contributed by atoms with Gasteiger partial charge in [-0.3, -0.25) is 4.79 Å². The Hall–Kier alpha value is -2.40. The van der Waals surface area contributed by atoms with E-state index in [1.54, 1.807) is 12.1 Å². The van der Waals surface area contributed by atoms with Crippen molar-refractivity contribution in [1.29, 1.82) is 0 Å². The maximum Gasteiger partial charge on any atom is 0.222 e. The van der Waals surface area contributed by atoms with Gasteiger partial charge in [-0.1, -0.05) is 30.3 Å². The van der Waals surface area contributed by atoms with E-state index >= 15 is 0 Å². The second-order valence-electron chi connectivity index (χ2n) is 5.41. The molecule has 0 fully saturated rings. The molecule has 0 bridgehead atoms. The number of hydrogen-bond acceptors (Lipinski definition) is 3. The summed E-state index contributed by atoms with van der Waals surface area (Å²) in [5.41, 5.74) is 6.94. The van der Waals surface area contributed by atoms with Crippen LogP contribution in [-0.4, -0.2) is 18.6 Å². The van der Waals surface area contributed by atoms with Gasteiger partial charge in [0.1, 0.15) is 17.7 Å². The molecular formula is C18H21FN2O2. The summed E-state index contributed by atoms with van der Waals surface area (Å²) in [4.78, 5) is 11.9. The normalized spacial score (nSPS) is 13.2. The van der Waals surface area contributed by atoms with Crippen LogP contribution in [-0.2, 0) is 4.79 Å². The number of halogens is 1. The maximum absolute atomic E-state index is 12.8. The van der Waals surface area contributed by atoms with Crippen molar-refractivity contribution in [2.75, 3.05) is 6.54 Å². The fourth-order valence-corrected chi connectivity index (χ4v) is 2.13. The number of benzene rings is 2. The van der Waals surface area contributed by atoms with Crippen LogP contribution in [0.4, 0.5) is 4.39 Å². The standard InChI is InChI=1S/C18H21FN2O2/c1-13(23-16-9-7-15(19)8-10-16)12-21-18(22)11-17(20)14-5-3-2-4-6-14/h2-10,13,17H,11-12,20H2,1H3,(H,21,22). The summed E-state index contributed by atoms with van der Waals surface area (Å²) in [7, 11) is 0. The molecule has 0 spiro atoms. The molecule has 0 aliphatic heterocycles. The van der Waals surface area contributed by atoms with E-state index in [2.05, 4.69) is 5.32 Å². The molecule has 3 N–H and O–H groups in total. The first kappa shape index (κ1) is 17.0. The third-order valence-electron chi connectivity index (χ3n) is 3.37. The molecule has 0 aliphatic rings. The van der Waals surface area contributed by atoms with Crippen LogP contribution in [0.1, 0.15) is 24.9 Å². The van der Waals surface area contributed by atoms with E-state index in [1.807, 2.05) is 37.3 Å². The molecule has 0 aliphatic carbocycles. The van der Waals surface area contributed by atoms with Crippen LogP contribution in [0, 0.1) is 5.82 Å². The lowest BCUT2D eigenvalue weighted by molar-refractivity contribution is -0.121. The van der Waals surface area contributed by atoms with Crippen molar-refractivity contribution in [1.82, 2.24) is 5.32 Å². The third-order valence-corrected chi connectivity index (χ3v) is 3.37. The average molecular weight is 316 g/mol. The Morgan fingerprint density at radius 1 is 1.17 bits per heavy atom. The summed E-state index contributed by atoms with van der Waals surface area (Å²) >= 11 is 0. The van der Waals surface area contributed by atoms with Crippen LogP contribution in [0.5, 0.6) is 5.75 Å². The summed E-state index contributed by atoms with van der Waals surface area (Å²) in [6.45, 7) is 2.19. The van der Waals surface area contributed by atoms with E-state index < -0.39 is 0 Å². The Kier molecular flexibility index (Phi) is 6.11. The summed E-state index contributed by atoms with van der Waals surface area (Å²) in [5.74, 6) is 0.123. The largest absolute Gasteiger partial charge is 0.489 e. The van der Waals surface area contributed by atoms with E-state index in [9.17, 15) is 9.18 Å². The fourth-order valence-electron chi connectivity index (χ4n) is 2.13. The van der Waals surface area contributed by atoms with Gasteiger partial charge in [-0.25, -0.2) is 4.39 Å². The van der Waals surface area contributed by atoms with Crippen molar-refractivity contribution >= 4 is 5.91 Å². The molecule has 0 radical (unpaired) electrons. The van der Waals surface area contributed by atoms with Gasteiger partial charge in [-0.05, 0) is 36.8 Å². The number of nitrogens with two attached hydrogens (primary N) is 1. The maximum atomic E-state index is 12.8. The minimum absolute atomic E-state index is 0.129. The Morgan fingerprint density at radius 2 is 1.83 bits per heavy atom. The molecule has 2 aromatic rings. The highest BCUT2D eigenvalue weighted by molar-refractivity contribution is 5.76. The number of nitrogens with one attached hydrogen (secondary N) is 1. The molecule has 2 aromatic carbocycles. The zero-order chi connectivity index (χ0) is 16.7. The van der Waals surface area contributed by atoms with Gasteiger partial charge in [0, 0.05) is 12.5 Å². The summed E-state index contributed by atoms with van der Waals surface area (Å²) in [6, 6.07) is 14.9. The highest BCUT2D eigenvalue weighted by atomic mass is 19.1. The number of carbonyl (C=O) groups excluding carboxylic acids is 1. The molecule has 0 saturated heterocycles. The summed E-state index contributed by atoms with van der Waals surface area (Å²) in [5, 5.41) is 2.80. The van der Waals surface area contributed by atoms with Crippen LogP contribution < -0.4 is 15.8 Å². The van der Waals surface area contributed by atoms with Crippen molar-refractivity contribution < 1.29 is 13.9 Å². The number of hydrogen-bond donors (Lipinski definition) is 2. The summed E-state index contributed by atoms with van der Waals surface area (Å²) < 4.78 is 18.4. The van der Waals surface area contributed by atoms with Crippen LogP contribution in [0.15, 0.2) is 54.6 Å². The van der Waals surface area contributed by atoms with Crippen LogP contribution >= 0.6 is 0 Å². The highest BCUT2D eigenvalue weighted by Gasteiger charge is 2.12. The molecule has 0 heterocycles. The quantitative estimate of drug-likeness (QED) is 0.825. The van der Waals surface area contributed by atoms with E-state index in [0.29, 0.717) is 12.3 Å². The molecular weight excluding hydrogens is 295 g/mol. The van der Waals surface area contributed by atoms with Gasteiger partial charge in [0.25, 0.3) is 0 Å². The molecule has 0 aromatic heterocycles. The first-order chi connectivity index (χ1) is 11.0. The van der Waals surface area contributed by atoms with Gasteiger partial charge < -0.3 is 15.8 Å². The Balaban J connectivity index is 1.74. The highest BCUT2D eigenvalue weighted by Crippen LogP contribution is 2.14. The molecule has 2 unspecified atom stereocenters. The lowest BCUT2D eigenvalue weighted by atomic mass is 10.0. The number of rotatable bonds is 7. The van der Waals surface area contributed by atoms with Gasteiger partial charge >= 0.3 is 0 Å². The van der Waals surface area contributed by atoms with Crippen LogP contribution in [0.25, 0.3) is 0 Å². The zero-order valence-corrected chi connectivity index (χ0v) is 13.0. The second-order valence-corrected chi connectivity index (χ2v) is 5.41. The number of ether oxygens (including phenoxy) is 1. The first-order valence-electron chi connectivity index (χ1n) is 7.54. The molecule has 1 amide bonds. The lowest BCUT2D eigenvalue weighted by Gasteiger charge is -2.17. The van der Waals surface area contributed by atoms with Gasteiger partial charge in [0.2, 0.25) is 5.91 Å². The van der Waals surface area contributed by atoms with Crippen LogP contribution in [0.3, 0.4) is 0 Å². The smallest absolute Gasteiger partial charge is 0.222 e. The SMILES string of the molecule is CC(CNC(=O)CC(N)c1ccccc1)Oc1ccc(F)cc1. The monoisotopic (exact) mass is 316 g/mol. The number of carbonyl (C=O) groups is 1. The van der Waals surface area contributed by atoms with E-state index in [0.717, 1.165) is 5.56 Å². The molecule has 2 atom stereocenters. The first-order valence-corrected chi connectivity index (χ1v) is 7.54. The minimum Gasteiger partial charge on any atom is -0.489 e. The van der Waals surface area contributed by atoms with E-state index in [1.165, 1.54) is 12.1 Å². The predicted molar refractivity (Wildman–Crippen MR) is 87.5 cm³/mol. The Bertz CT molecular complexity index is 617. The fraction of sp³-hybridized carbons (Fsp3) is 0.278. The molecule has 122 valence electrons. The summed E-state index contributed by atoms with van der Waals surface area (Å²) in [6.07, 6.45) is -0.00911. The molecule has 5 heteroatoms. The van der Waals surface area contributed by atoms with Crippen molar-refractivity contribution in [3.05, 3.63) is 66.0 Å². The van der Waals surface area contributed by atoms with Gasteiger partial charge in [0.05, 0.1) is 6.54 Å². The molecule has 2 rings (SSSR count). The van der Waals surface area contributed by atoms with Crippen molar-refractivity contribution in [2.45, 2.75) is 25.5 Å². The minimum atomic E-state index is -0.329. The molecule has 0 saturated carbocycles. The molecule has 23 heavy (non-hydrogen) atoms. The second kappa shape index (κ2) is 8.29. The third kappa shape index (κ3) is 5.71.